The molecule has 2 rings (SSSR count). The summed E-state index contributed by atoms with van der Waals surface area (Å²) in [4.78, 5) is 0. The second-order valence-corrected chi connectivity index (χ2v) is 5.70. The van der Waals surface area contributed by atoms with Crippen LogP contribution in [0, 0.1) is 5.92 Å². The summed E-state index contributed by atoms with van der Waals surface area (Å²) < 4.78 is 2.36. The smallest absolute Gasteiger partial charge is 0.0528 e. The van der Waals surface area contributed by atoms with Crippen LogP contribution in [0.5, 0.6) is 0 Å². The maximum absolute atomic E-state index is 3.54. The predicted molar refractivity (Wildman–Crippen MR) is 78.9 cm³/mol. The van der Waals surface area contributed by atoms with E-state index < -0.39 is 0 Å². The molecule has 0 fully saturated rings. The molecule has 0 aliphatic rings. The molecule has 0 spiro atoms. The number of benzene rings is 1. The number of nitrogens with zero attached hydrogens (tertiary/aromatic N) is 1. The zero-order valence-corrected chi connectivity index (χ0v) is 11.9. The number of nitrogens with one attached hydrogen (secondary N) is 1. The highest BCUT2D eigenvalue weighted by Gasteiger charge is 2.08. The van der Waals surface area contributed by atoms with Crippen LogP contribution in [0.2, 0.25) is 0 Å². The molecule has 2 heteroatoms. The van der Waals surface area contributed by atoms with E-state index in [0.717, 1.165) is 13.1 Å². The zero-order valence-electron chi connectivity index (χ0n) is 11.9. The Kier molecular flexibility index (Phi) is 4.07. The molecular weight excluding hydrogens is 220 g/mol. The zero-order chi connectivity index (χ0) is 13.1. The van der Waals surface area contributed by atoms with Crippen LogP contribution in [-0.4, -0.2) is 11.1 Å². The summed E-state index contributed by atoms with van der Waals surface area (Å²) in [6, 6.07) is 9.30. The van der Waals surface area contributed by atoms with Crippen LogP contribution >= 0.6 is 0 Å². The van der Waals surface area contributed by atoms with Crippen molar-refractivity contribution in [1.82, 2.24) is 9.88 Å². The number of para-hydroxylation sites is 1. The standard InChI is InChI=1S/C16H24N2/c1-12(2)10-17-11-15-7-5-6-14-8-9-18(13(3)4)16(14)15/h5-9,12-13,17H,10-11H2,1-4H3. The molecule has 18 heavy (non-hydrogen) atoms. The summed E-state index contributed by atoms with van der Waals surface area (Å²) >= 11 is 0. The van der Waals surface area contributed by atoms with Crippen LogP contribution in [0.25, 0.3) is 10.9 Å². The van der Waals surface area contributed by atoms with Crippen molar-refractivity contribution in [3.8, 4) is 0 Å². The number of hydrogen-bond donors (Lipinski definition) is 1. The van der Waals surface area contributed by atoms with E-state index in [1.807, 2.05) is 0 Å². The molecule has 0 aliphatic heterocycles. The van der Waals surface area contributed by atoms with E-state index in [-0.39, 0.29) is 0 Å². The average Bonchev–Trinajstić information content (AvgIpc) is 2.73. The van der Waals surface area contributed by atoms with Crippen LogP contribution < -0.4 is 5.32 Å². The van der Waals surface area contributed by atoms with Gasteiger partial charge in [0.25, 0.3) is 0 Å². The van der Waals surface area contributed by atoms with E-state index >= 15 is 0 Å². The first kappa shape index (κ1) is 13.2. The number of hydrogen-bond acceptors (Lipinski definition) is 1. The largest absolute Gasteiger partial charge is 0.345 e. The SMILES string of the molecule is CC(C)CNCc1cccc2ccn(C(C)C)c12. The normalized spacial score (nSPS) is 11.9. The number of rotatable bonds is 5. The lowest BCUT2D eigenvalue weighted by atomic mass is 10.1. The van der Waals surface area contributed by atoms with E-state index in [4.69, 9.17) is 0 Å². The van der Waals surface area contributed by atoms with E-state index in [1.54, 1.807) is 0 Å². The van der Waals surface area contributed by atoms with Gasteiger partial charge in [-0.3, -0.25) is 0 Å². The Morgan fingerprint density at radius 1 is 1.11 bits per heavy atom. The van der Waals surface area contributed by atoms with E-state index in [1.165, 1.54) is 16.5 Å². The molecule has 2 nitrogen and oxygen atoms in total. The third kappa shape index (κ3) is 2.75. The van der Waals surface area contributed by atoms with Gasteiger partial charge in [-0.05, 0) is 43.3 Å². The fourth-order valence-corrected chi connectivity index (χ4v) is 2.36. The predicted octanol–water partition coefficient (Wildman–Crippen LogP) is 3.97. The van der Waals surface area contributed by atoms with Gasteiger partial charge in [-0.25, -0.2) is 0 Å². The summed E-state index contributed by atoms with van der Waals surface area (Å²) in [5.74, 6) is 0.695. The highest BCUT2D eigenvalue weighted by Crippen LogP contribution is 2.23. The molecule has 1 heterocycles. The maximum atomic E-state index is 3.54. The molecule has 0 unspecified atom stereocenters. The Morgan fingerprint density at radius 2 is 1.89 bits per heavy atom. The molecule has 0 atom stereocenters. The maximum Gasteiger partial charge on any atom is 0.0528 e. The van der Waals surface area contributed by atoms with Gasteiger partial charge in [-0.15, -0.1) is 0 Å². The molecule has 0 amide bonds. The van der Waals surface area contributed by atoms with E-state index in [2.05, 4.69) is 68.0 Å². The summed E-state index contributed by atoms with van der Waals surface area (Å²) in [7, 11) is 0. The fraction of sp³-hybridized carbons (Fsp3) is 0.500. The third-order valence-corrected chi connectivity index (χ3v) is 3.25. The first-order valence-corrected chi connectivity index (χ1v) is 6.88. The minimum atomic E-state index is 0.508. The van der Waals surface area contributed by atoms with Crippen molar-refractivity contribution in [1.29, 1.82) is 0 Å². The molecule has 0 bridgehead atoms. The first-order valence-electron chi connectivity index (χ1n) is 6.88. The molecule has 0 radical (unpaired) electrons. The van der Waals surface area contributed by atoms with Crippen molar-refractivity contribution in [2.45, 2.75) is 40.3 Å². The Hall–Kier alpha value is -1.28. The van der Waals surface area contributed by atoms with Gasteiger partial charge in [0, 0.05) is 18.8 Å². The van der Waals surface area contributed by atoms with Crippen LogP contribution in [0.3, 0.4) is 0 Å². The van der Waals surface area contributed by atoms with Gasteiger partial charge in [0.2, 0.25) is 0 Å². The van der Waals surface area contributed by atoms with Crippen LogP contribution in [0.4, 0.5) is 0 Å². The van der Waals surface area contributed by atoms with Crippen molar-refractivity contribution in [3.63, 3.8) is 0 Å². The van der Waals surface area contributed by atoms with Crippen molar-refractivity contribution >= 4 is 10.9 Å². The van der Waals surface area contributed by atoms with Crippen LogP contribution in [0.1, 0.15) is 39.3 Å². The monoisotopic (exact) mass is 244 g/mol. The van der Waals surface area contributed by atoms with Gasteiger partial charge in [-0.1, -0.05) is 32.0 Å². The second kappa shape index (κ2) is 5.57. The molecular formula is C16H24N2. The van der Waals surface area contributed by atoms with Gasteiger partial charge in [0.15, 0.2) is 0 Å². The van der Waals surface area contributed by atoms with Crippen molar-refractivity contribution in [2.75, 3.05) is 6.54 Å². The molecule has 2 aromatic rings. The molecule has 1 N–H and O–H groups in total. The summed E-state index contributed by atoms with van der Waals surface area (Å²) in [6.07, 6.45) is 2.20. The lowest BCUT2D eigenvalue weighted by molar-refractivity contribution is 0.551. The van der Waals surface area contributed by atoms with Crippen LogP contribution in [-0.2, 0) is 6.54 Å². The van der Waals surface area contributed by atoms with E-state index in [9.17, 15) is 0 Å². The summed E-state index contributed by atoms with van der Waals surface area (Å²) in [5.41, 5.74) is 2.77. The Balaban J connectivity index is 2.28. The third-order valence-electron chi connectivity index (χ3n) is 3.25. The highest BCUT2D eigenvalue weighted by molar-refractivity contribution is 5.83. The lowest BCUT2D eigenvalue weighted by Crippen LogP contribution is -2.19. The molecule has 1 aromatic carbocycles. The Morgan fingerprint density at radius 3 is 2.56 bits per heavy atom. The summed E-state index contributed by atoms with van der Waals surface area (Å²) in [5, 5.41) is 4.88. The molecule has 1 aromatic heterocycles. The van der Waals surface area contributed by atoms with E-state index in [0.29, 0.717) is 12.0 Å². The van der Waals surface area contributed by atoms with Gasteiger partial charge in [-0.2, -0.15) is 0 Å². The van der Waals surface area contributed by atoms with Crippen molar-refractivity contribution in [3.05, 3.63) is 36.0 Å². The highest BCUT2D eigenvalue weighted by atomic mass is 15.0. The Labute approximate surface area is 110 Å². The van der Waals surface area contributed by atoms with Crippen LogP contribution in [0.15, 0.2) is 30.5 Å². The number of aromatic nitrogens is 1. The lowest BCUT2D eigenvalue weighted by Gasteiger charge is -2.14. The first-order chi connectivity index (χ1) is 8.59. The minimum absolute atomic E-state index is 0.508. The van der Waals surface area contributed by atoms with Crippen molar-refractivity contribution < 1.29 is 0 Å². The minimum Gasteiger partial charge on any atom is -0.345 e. The second-order valence-electron chi connectivity index (χ2n) is 5.70. The van der Waals surface area contributed by atoms with Gasteiger partial charge in [0.05, 0.1) is 5.52 Å². The quantitative estimate of drug-likeness (QED) is 0.842. The number of fused-ring (bicyclic) bond motifs is 1. The summed E-state index contributed by atoms with van der Waals surface area (Å²) in [6.45, 7) is 11.0. The average molecular weight is 244 g/mol. The fourth-order valence-electron chi connectivity index (χ4n) is 2.36. The van der Waals surface area contributed by atoms with Gasteiger partial charge in [0.1, 0.15) is 0 Å². The Bertz CT molecular complexity index is 509. The molecule has 0 aliphatic carbocycles. The topological polar surface area (TPSA) is 17.0 Å². The van der Waals surface area contributed by atoms with Gasteiger partial charge < -0.3 is 9.88 Å². The molecule has 0 saturated heterocycles. The van der Waals surface area contributed by atoms with Gasteiger partial charge >= 0.3 is 0 Å². The molecule has 0 saturated carbocycles. The molecule has 98 valence electrons. The van der Waals surface area contributed by atoms with Crippen molar-refractivity contribution in [2.24, 2.45) is 5.92 Å².